The molecule has 0 radical (unpaired) electrons. The maximum Gasteiger partial charge on any atom is 0.412 e. The monoisotopic (exact) mass is 251 g/mol. The van der Waals surface area contributed by atoms with Gasteiger partial charge in [0, 0.05) is 0 Å². The van der Waals surface area contributed by atoms with Gasteiger partial charge in [-0.1, -0.05) is 6.07 Å². The molecular weight excluding hydrogens is 234 g/mol. The van der Waals surface area contributed by atoms with Crippen molar-refractivity contribution in [2.24, 2.45) is 0 Å². The Balaban J connectivity index is 2.16. The Hall–Kier alpha value is -1.91. The zero-order chi connectivity index (χ0) is 13.3. The van der Waals surface area contributed by atoms with Crippen LogP contribution in [0.25, 0.3) is 0 Å². The lowest BCUT2D eigenvalue weighted by Crippen LogP contribution is -2.27. The third kappa shape index (κ3) is 2.67. The standard InChI is InChI=1S/C13H17NO4/c1-8-5-6-9(11-10(8)16-7-17-11)14-12(15)18-13(2,3)4/h5-6H,7H2,1-4H3,(H,14,15). The van der Waals surface area contributed by atoms with Crippen molar-refractivity contribution in [1.29, 1.82) is 0 Å². The normalized spacial score (nSPS) is 13.3. The molecule has 0 aromatic heterocycles. The maximum absolute atomic E-state index is 11.7. The summed E-state index contributed by atoms with van der Waals surface area (Å²) in [4.78, 5) is 11.7. The summed E-state index contributed by atoms with van der Waals surface area (Å²) in [6, 6.07) is 3.63. The second-order valence-corrected chi connectivity index (χ2v) is 5.12. The Morgan fingerprint density at radius 1 is 1.28 bits per heavy atom. The number of fused-ring (bicyclic) bond motifs is 1. The summed E-state index contributed by atoms with van der Waals surface area (Å²) in [5.74, 6) is 1.23. The number of benzene rings is 1. The first-order chi connectivity index (χ1) is 8.37. The summed E-state index contributed by atoms with van der Waals surface area (Å²) in [7, 11) is 0. The van der Waals surface area contributed by atoms with Crippen LogP contribution in [-0.2, 0) is 4.74 Å². The number of ether oxygens (including phenoxy) is 3. The van der Waals surface area contributed by atoms with Crippen molar-refractivity contribution in [2.45, 2.75) is 33.3 Å². The molecule has 0 fully saturated rings. The molecule has 1 heterocycles. The highest BCUT2D eigenvalue weighted by Gasteiger charge is 2.23. The number of anilines is 1. The predicted molar refractivity (Wildman–Crippen MR) is 67.2 cm³/mol. The van der Waals surface area contributed by atoms with E-state index in [-0.39, 0.29) is 6.79 Å². The van der Waals surface area contributed by atoms with Gasteiger partial charge in [-0.15, -0.1) is 0 Å². The van der Waals surface area contributed by atoms with Crippen LogP contribution in [0.5, 0.6) is 11.5 Å². The third-order valence-electron chi connectivity index (χ3n) is 2.35. The van der Waals surface area contributed by atoms with Gasteiger partial charge in [0.1, 0.15) is 5.60 Å². The molecule has 5 heteroatoms. The second-order valence-electron chi connectivity index (χ2n) is 5.12. The first-order valence-electron chi connectivity index (χ1n) is 5.76. The minimum absolute atomic E-state index is 0.170. The van der Waals surface area contributed by atoms with E-state index in [2.05, 4.69) is 5.32 Å². The van der Waals surface area contributed by atoms with Gasteiger partial charge in [-0.2, -0.15) is 0 Å². The van der Waals surface area contributed by atoms with E-state index in [0.717, 1.165) is 5.56 Å². The van der Waals surface area contributed by atoms with E-state index in [9.17, 15) is 4.79 Å². The molecule has 0 saturated heterocycles. The Bertz CT molecular complexity index is 477. The van der Waals surface area contributed by atoms with Crippen molar-refractivity contribution < 1.29 is 19.0 Å². The average molecular weight is 251 g/mol. The van der Waals surface area contributed by atoms with Gasteiger partial charge in [-0.3, -0.25) is 5.32 Å². The zero-order valence-corrected chi connectivity index (χ0v) is 11.0. The van der Waals surface area contributed by atoms with E-state index in [1.54, 1.807) is 6.07 Å². The molecule has 0 bridgehead atoms. The second kappa shape index (κ2) is 4.40. The zero-order valence-electron chi connectivity index (χ0n) is 11.0. The van der Waals surface area contributed by atoms with Gasteiger partial charge in [-0.25, -0.2) is 4.79 Å². The number of carbonyl (C=O) groups is 1. The minimum atomic E-state index is -0.532. The van der Waals surface area contributed by atoms with E-state index in [4.69, 9.17) is 14.2 Å². The first-order valence-corrected chi connectivity index (χ1v) is 5.76. The van der Waals surface area contributed by atoms with Gasteiger partial charge in [0.2, 0.25) is 6.79 Å². The van der Waals surface area contributed by atoms with E-state index in [1.807, 2.05) is 33.8 Å². The van der Waals surface area contributed by atoms with Crippen LogP contribution in [0.1, 0.15) is 26.3 Å². The van der Waals surface area contributed by atoms with E-state index < -0.39 is 11.7 Å². The van der Waals surface area contributed by atoms with Crippen molar-refractivity contribution >= 4 is 11.8 Å². The lowest BCUT2D eigenvalue weighted by molar-refractivity contribution is 0.0635. The van der Waals surface area contributed by atoms with Gasteiger partial charge in [0.15, 0.2) is 11.5 Å². The van der Waals surface area contributed by atoms with Crippen LogP contribution >= 0.6 is 0 Å². The smallest absolute Gasteiger partial charge is 0.412 e. The lowest BCUT2D eigenvalue weighted by atomic mass is 10.2. The molecule has 1 aliphatic heterocycles. The van der Waals surface area contributed by atoms with Gasteiger partial charge < -0.3 is 14.2 Å². The van der Waals surface area contributed by atoms with Crippen LogP contribution in [0.4, 0.5) is 10.5 Å². The predicted octanol–water partition coefficient (Wildman–Crippen LogP) is 3.07. The quantitative estimate of drug-likeness (QED) is 0.833. The Morgan fingerprint density at radius 2 is 1.94 bits per heavy atom. The van der Waals surface area contributed by atoms with Gasteiger partial charge in [0.25, 0.3) is 0 Å². The molecule has 0 saturated carbocycles. The molecule has 0 atom stereocenters. The number of rotatable bonds is 1. The molecule has 98 valence electrons. The molecular formula is C13H17NO4. The Labute approximate surface area is 106 Å². The van der Waals surface area contributed by atoms with E-state index >= 15 is 0 Å². The largest absolute Gasteiger partial charge is 0.453 e. The molecule has 1 N–H and O–H groups in total. The summed E-state index contributed by atoms with van der Waals surface area (Å²) >= 11 is 0. The summed E-state index contributed by atoms with van der Waals surface area (Å²) < 4.78 is 15.9. The maximum atomic E-state index is 11.7. The Kier molecular flexibility index (Phi) is 3.07. The molecule has 0 spiro atoms. The molecule has 1 amide bonds. The first kappa shape index (κ1) is 12.5. The third-order valence-corrected chi connectivity index (χ3v) is 2.35. The van der Waals surface area contributed by atoms with Crippen molar-refractivity contribution in [1.82, 2.24) is 0 Å². The van der Waals surface area contributed by atoms with Crippen molar-refractivity contribution in [3.63, 3.8) is 0 Å². The number of amides is 1. The fraction of sp³-hybridized carbons (Fsp3) is 0.462. The van der Waals surface area contributed by atoms with Crippen LogP contribution in [0.2, 0.25) is 0 Å². The van der Waals surface area contributed by atoms with Crippen molar-refractivity contribution in [2.75, 3.05) is 12.1 Å². The van der Waals surface area contributed by atoms with Crippen molar-refractivity contribution in [3.05, 3.63) is 17.7 Å². The molecule has 18 heavy (non-hydrogen) atoms. The number of hydrogen-bond donors (Lipinski definition) is 1. The Morgan fingerprint density at radius 3 is 2.61 bits per heavy atom. The highest BCUT2D eigenvalue weighted by molar-refractivity contribution is 5.88. The molecule has 1 aromatic carbocycles. The fourth-order valence-electron chi connectivity index (χ4n) is 1.64. The fourth-order valence-corrected chi connectivity index (χ4v) is 1.64. The highest BCUT2D eigenvalue weighted by atomic mass is 16.7. The summed E-state index contributed by atoms with van der Waals surface area (Å²) in [5, 5.41) is 2.66. The van der Waals surface area contributed by atoms with Gasteiger partial charge >= 0.3 is 6.09 Å². The molecule has 1 aromatic rings. The molecule has 1 aliphatic rings. The minimum Gasteiger partial charge on any atom is -0.453 e. The topological polar surface area (TPSA) is 56.8 Å². The SMILES string of the molecule is Cc1ccc(NC(=O)OC(C)(C)C)c2c1OCO2. The summed E-state index contributed by atoms with van der Waals surface area (Å²) in [6.45, 7) is 7.53. The number of nitrogens with one attached hydrogen (secondary N) is 1. The van der Waals surface area contributed by atoms with Crippen LogP contribution < -0.4 is 14.8 Å². The van der Waals surface area contributed by atoms with Gasteiger partial charge in [-0.05, 0) is 39.3 Å². The molecule has 0 aliphatic carbocycles. The van der Waals surface area contributed by atoms with Gasteiger partial charge in [0.05, 0.1) is 5.69 Å². The molecule has 0 unspecified atom stereocenters. The molecule has 5 nitrogen and oxygen atoms in total. The average Bonchev–Trinajstić information content (AvgIpc) is 2.69. The number of carbonyl (C=O) groups excluding carboxylic acids is 1. The lowest BCUT2D eigenvalue weighted by Gasteiger charge is -2.20. The number of aryl methyl sites for hydroxylation is 1. The van der Waals surface area contributed by atoms with Crippen LogP contribution in [0, 0.1) is 6.92 Å². The van der Waals surface area contributed by atoms with Crippen LogP contribution in [-0.4, -0.2) is 18.5 Å². The van der Waals surface area contributed by atoms with E-state index in [1.165, 1.54) is 0 Å². The molecule has 2 rings (SSSR count). The number of hydrogen-bond acceptors (Lipinski definition) is 4. The van der Waals surface area contributed by atoms with Crippen LogP contribution in [0.3, 0.4) is 0 Å². The van der Waals surface area contributed by atoms with E-state index in [0.29, 0.717) is 17.2 Å². The summed E-state index contributed by atoms with van der Waals surface area (Å²) in [5.41, 5.74) is 0.995. The van der Waals surface area contributed by atoms with Crippen molar-refractivity contribution in [3.8, 4) is 11.5 Å². The highest BCUT2D eigenvalue weighted by Crippen LogP contribution is 2.41. The van der Waals surface area contributed by atoms with Crippen LogP contribution in [0.15, 0.2) is 12.1 Å². The summed E-state index contributed by atoms with van der Waals surface area (Å²) in [6.07, 6.45) is -0.510.